The Bertz CT molecular complexity index is 806. The van der Waals surface area contributed by atoms with Crippen molar-refractivity contribution in [3.05, 3.63) is 41.0 Å². The molecule has 0 unspecified atom stereocenters. The zero-order valence-corrected chi connectivity index (χ0v) is 15.8. The molecule has 1 aromatic carbocycles. The molecule has 1 aromatic heterocycles. The molecule has 2 aromatic rings. The minimum absolute atomic E-state index is 0.156. The predicted molar refractivity (Wildman–Crippen MR) is 103 cm³/mol. The van der Waals surface area contributed by atoms with Crippen molar-refractivity contribution in [2.45, 2.75) is 44.4 Å². The molecule has 27 heavy (non-hydrogen) atoms. The third kappa shape index (κ3) is 5.12. The molecule has 0 aliphatic carbocycles. The molecule has 1 aliphatic rings. The lowest BCUT2D eigenvalue weighted by molar-refractivity contribution is -0.137. The summed E-state index contributed by atoms with van der Waals surface area (Å²) < 4.78 is 0. The Hall–Kier alpha value is -2.29. The fraction of sp³-hybridized carbons (Fsp3) is 0.421. The van der Waals surface area contributed by atoms with Crippen molar-refractivity contribution in [2.24, 2.45) is 0 Å². The van der Waals surface area contributed by atoms with Gasteiger partial charge in [-0.3, -0.25) is 9.59 Å². The molecule has 0 saturated carbocycles. The molecule has 2 heterocycles. The first-order valence-electron chi connectivity index (χ1n) is 8.85. The van der Waals surface area contributed by atoms with E-state index in [9.17, 15) is 14.7 Å². The van der Waals surface area contributed by atoms with E-state index in [1.165, 1.54) is 0 Å². The summed E-state index contributed by atoms with van der Waals surface area (Å²) in [6.45, 7) is 2.34. The van der Waals surface area contributed by atoms with Gasteiger partial charge in [0.2, 0.25) is 5.91 Å². The molecule has 0 radical (unpaired) electrons. The topological polar surface area (TPSA) is 112 Å². The van der Waals surface area contributed by atoms with Crippen LogP contribution in [0.4, 0.5) is 0 Å². The second-order valence-electron chi connectivity index (χ2n) is 6.82. The van der Waals surface area contributed by atoms with E-state index in [1.54, 1.807) is 11.3 Å². The lowest BCUT2D eigenvalue weighted by Gasteiger charge is -2.20. The highest BCUT2D eigenvalue weighted by molar-refractivity contribution is 7.13. The third-order valence-corrected chi connectivity index (χ3v) is 5.61. The molecule has 7 nitrogen and oxygen atoms in total. The zero-order valence-electron chi connectivity index (χ0n) is 15.0. The molecule has 3 atom stereocenters. The summed E-state index contributed by atoms with van der Waals surface area (Å²) in [6, 6.07) is 6.90. The molecule has 3 rings (SSSR count). The number of carboxylic acids is 1. The van der Waals surface area contributed by atoms with Crippen molar-refractivity contribution in [3.63, 3.8) is 0 Å². The number of nitrogens with zero attached hydrogens (tertiary/aromatic N) is 1. The molecule has 0 bridgehead atoms. The van der Waals surface area contributed by atoms with Gasteiger partial charge in [-0.1, -0.05) is 24.3 Å². The van der Waals surface area contributed by atoms with E-state index >= 15 is 0 Å². The van der Waals surface area contributed by atoms with Crippen LogP contribution in [-0.4, -0.2) is 51.8 Å². The number of β-amino-alcohol motifs (C(OH)–C–C–N with tert-alkyl or cyclic N) is 1. The van der Waals surface area contributed by atoms with Crippen LogP contribution >= 0.6 is 11.3 Å². The Kier molecular flexibility index (Phi) is 6.20. The van der Waals surface area contributed by atoms with Crippen LogP contribution < -0.4 is 10.6 Å². The maximum absolute atomic E-state index is 12.3. The Morgan fingerprint density at radius 2 is 2.11 bits per heavy atom. The van der Waals surface area contributed by atoms with E-state index in [4.69, 9.17) is 5.11 Å². The van der Waals surface area contributed by atoms with Gasteiger partial charge in [-0.15, -0.1) is 11.3 Å². The molecule has 4 N–H and O–H groups in total. The SMILES string of the molecule is Cc1ncsc1-c1ccc(C[C@@H](CC(=O)O)NC(=O)[C@@H]2C[C@@H](O)CN2)cc1. The summed E-state index contributed by atoms with van der Waals surface area (Å²) >= 11 is 1.58. The van der Waals surface area contributed by atoms with Gasteiger partial charge in [0.05, 0.1) is 34.6 Å². The number of aliphatic hydroxyl groups is 1. The molecule has 1 saturated heterocycles. The van der Waals surface area contributed by atoms with Crippen molar-refractivity contribution in [1.82, 2.24) is 15.6 Å². The molecule has 144 valence electrons. The number of hydrogen-bond donors (Lipinski definition) is 4. The number of carboxylic acid groups (broad SMARTS) is 1. The van der Waals surface area contributed by atoms with Gasteiger partial charge in [-0.25, -0.2) is 4.98 Å². The summed E-state index contributed by atoms with van der Waals surface area (Å²) in [5, 5.41) is 24.5. The van der Waals surface area contributed by atoms with Gasteiger partial charge in [0.25, 0.3) is 0 Å². The summed E-state index contributed by atoms with van der Waals surface area (Å²) in [4.78, 5) is 28.9. The normalized spacial score (nSPS) is 20.4. The van der Waals surface area contributed by atoms with Gasteiger partial charge in [0, 0.05) is 12.6 Å². The Labute approximate surface area is 161 Å². The number of aliphatic hydroxyl groups excluding tert-OH is 1. The van der Waals surface area contributed by atoms with Crippen molar-refractivity contribution in [2.75, 3.05) is 6.54 Å². The molecule has 8 heteroatoms. The number of hydrogen-bond acceptors (Lipinski definition) is 6. The number of benzene rings is 1. The van der Waals surface area contributed by atoms with E-state index in [-0.39, 0.29) is 12.3 Å². The second kappa shape index (κ2) is 8.60. The van der Waals surface area contributed by atoms with E-state index in [0.29, 0.717) is 19.4 Å². The van der Waals surface area contributed by atoms with Crippen LogP contribution in [0.1, 0.15) is 24.1 Å². The van der Waals surface area contributed by atoms with Crippen LogP contribution in [0.3, 0.4) is 0 Å². The molecule has 0 spiro atoms. The number of amides is 1. The number of carbonyl (C=O) groups is 2. The van der Waals surface area contributed by atoms with E-state index < -0.39 is 24.2 Å². The number of carbonyl (C=O) groups excluding carboxylic acids is 1. The summed E-state index contributed by atoms with van der Waals surface area (Å²) in [5.41, 5.74) is 4.81. The minimum Gasteiger partial charge on any atom is -0.481 e. The minimum atomic E-state index is -0.961. The number of thiazole rings is 1. The van der Waals surface area contributed by atoms with E-state index in [0.717, 1.165) is 21.7 Å². The average molecular weight is 389 g/mol. The number of rotatable bonds is 7. The summed E-state index contributed by atoms with van der Waals surface area (Å²) in [6.07, 6.45) is 0.0713. The Balaban J connectivity index is 1.66. The summed E-state index contributed by atoms with van der Waals surface area (Å²) in [5.74, 6) is -1.23. The zero-order chi connectivity index (χ0) is 19.4. The van der Waals surface area contributed by atoms with Gasteiger partial charge in [0.1, 0.15) is 0 Å². The first-order chi connectivity index (χ1) is 12.9. The van der Waals surface area contributed by atoms with Crippen LogP contribution in [0.15, 0.2) is 29.8 Å². The number of aliphatic carboxylic acids is 1. The Morgan fingerprint density at radius 1 is 1.37 bits per heavy atom. The molecular weight excluding hydrogens is 366 g/mol. The summed E-state index contributed by atoms with van der Waals surface area (Å²) in [7, 11) is 0. The lowest BCUT2D eigenvalue weighted by atomic mass is 10.0. The van der Waals surface area contributed by atoms with Crippen LogP contribution in [0, 0.1) is 6.92 Å². The molecule has 1 aliphatic heterocycles. The maximum Gasteiger partial charge on any atom is 0.305 e. The van der Waals surface area contributed by atoms with Crippen molar-refractivity contribution in [1.29, 1.82) is 0 Å². The number of aromatic nitrogens is 1. The van der Waals surface area contributed by atoms with E-state index in [1.807, 2.05) is 36.7 Å². The Morgan fingerprint density at radius 3 is 2.67 bits per heavy atom. The van der Waals surface area contributed by atoms with Crippen molar-refractivity contribution >= 4 is 23.2 Å². The number of nitrogens with one attached hydrogen (secondary N) is 2. The lowest BCUT2D eigenvalue weighted by Crippen LogP contribution is -2.46. The fourth-order valence-electron chi connectivity index (χ4n) is 3.26. The monoisotopic (exact) mass is 389 g/mol. The average Bonchev–Trinajstić information content (AvgIpc) is 3.23. The molecule has 1 amide bonds. The fourth-order valence-corrected chi connectivity index (χ4v) is 4.07. The predicted octanol–water partition coefficient (Wildman–Crippen LogP) is 1.34. The first-order valence-corrected chi connectivity index (χ1v) is 9.73. The smallest absolute Gasteiger partial charge is 0.305 e. The maximum atomic E-state index is 12.3. The van der Waals surface area contributed by atoms with Gasteiger partial charge in [-0.2, -0.15) is 0 Å². The first kappa shape index (κ1) is 19.5. The highest BCUT2D eigenvalue weighted by Crippen LogP contribution is 2.27. The third-order valence-electron chi connectivity index (χ3n) is 4.64. The highest BCUT2D eigenvalue weighted by atomic mass is 32.1. The van der Waals surface area contributed by atoms with Crippen LogP contribution in [0.5, 0.6) is 0 Å². The number of aryl methyl sites for hydroxylation is 1. The van der Waals surface area contributed by atoms with Gasteiger partial charge in [-0.05, 0) is 30.9 Å². The van der Waals surface area contributed by atoms with Gasteiger partial charge < -0.3 is 20.8 Å². The molecule has 1 fully saturated rings. The van der Waals surface area contributed by atoms with Crippen molar-refractivity contribution < 1.29 is 19.8 Å². The standard InChI is InChI=1S/C19H23N3O4S/c1-11-18(27-10-21-11)13-4-2-12(3-5-13)6-14(7-17(24)25)22-19(26)16-8-15(23)9-20-16/h2-5,10,14-16,20,23H,6-9H2,1H3,(H,22,26)(H,24,25)/t14-,15+,16-/m0/s1. The largest absolute Gasteiger partial charge is 0.481 e. The van der Waals surface area contributed by atoms with Crippen LogP contribution in [-0.2, 0) is 16.0 Å². The van der Waals surface area contributed by atoms with Gasteiger partial charge >= 0.3 is 5.97 Å². The quantitative estimate of drug-likeness (QED) is 0.569. The van der Waals surface area contributed by atoms with Gasteiger partial charge in [0.15, 0.2) is 0 Å². The van der Waals surface area contributed by atoms with Crippen molar-refractivity contribution in [3.8, 4) is 10.4 Å². The van der Waals surface area contributed by atoms with Crippen LogP contribution in [0.25, 0.3) is 10.4 Å². The van der Waals surface area contributed by atoms with E-state index in [2.05, 4.69) is 15.6 Å². The van der Waals surface area contributed by atoms with Crippen LogP contribution in [0.2, 0.25) is 0 Å². The highest BCUT2D eigenvalue weighted by Gasteiger charge is 2.29. The second-order valence-corrected chi connectivity index (χ2v) is 7.68. The molecular formula is C19H23N3O4S.